The van der Waals surface area contributed by atoms with E-state index in [1.54, 1.807) is 17.4 Å². The van der Waals surface area contributed by atoms with Crippen molar-refractivity contribution in [2.24, 2.45) is 0 Å². The fourth-order valence-electron chi connectivity index (χ4n) is 1.48. The average molecular weight is 330 g/mol. The summed E-state index contributed by atoms with van der Waals surface area (Å²) in [6, 6.07) is 8.65. The number of benzene rings is 1. The molecule has 1 aromatic heterocycles. The van der Waals surface area contributed by atoms with E-state index in [4.69, 9.17) is 4.74 Å². The molecule has 1 heterocycles. The molecule has 96 valence electrons. The second-order valence-corrected chi connectivity index (χ2v) is 5.66. The van der Waals surface area contributed by atoms with Crippen LogP contribution in [-0.4, -0.2) is 13.2 Å². The molecule has 0 bridgehead atoms. The molecule has 18 heavy (non-hydrogen) atoms. The highest BCUT2D eigenvalue weighted by Crippen LogP contribution is 2.20. The highest BCUT2D eigenvalue weighted by atomic mass is 79.9. The van der Waals surface area contributed by atoms with Gasteiger partial charge in [-0.2, -0.15) is 0 Å². The van der Waals surface area contributed by atoms with E-state index in [0.29, 0.717) is 16.8 Å². The van der Waals surface area contributed by atoms with Gasteiger partial charge in [-0.15, -0.1) is 11.3 Å². The predicted octanol–water partition coefficient (Wildman–Crippen LogP) is 3.82. The molecule has 2 nitrogen and oxygen atoms in total. The zero-order valence-corrected chi connectivity index (χ0v) is 12.1. The van der Waals surface area contributed by atoms with Gasteiger partial charge in [-0.05, 0) is 23.6 Å². The van der Waals surface area contributed by atoms with Crippen molar-refractivity contribution in [2.75, 3.05) is 13.2 Å². The Balaban J connectivity index is 1.68. The van der Waals surface area contributed by atoms with Gasteiger partial charge in [0.2, 0.25) is 0 Å². The van der Waals surface area contributed by atoms with Crippen LogP contribution in [0.1, 0.15) is 4.88 Å². The van der Waals surface area contributed by atoms with Crippen LogP contribution in [0.5, 0.6) is 5.75 Å². The Hall–Kier alpha value is -0.910. The summed E-state index contributed by atoms with van der Waals surface area (Å²) in [5.74, 6) is 0.241. The summed E-state index contributed by atoms with van der Waals surface area (Å²) in [7, 11) is 0. The van der Waals surface area contributed by atoms with E-state index in [0.717, 1.165) is 13.1 Å². The Morgan fingerprint density at radius 2 is 2.22 bits per heavy atom. The van der Waals surface area contributed by atoms with Gasteiger partial charge in [0.05, 0.1) is 0 Å². The Morgan fingerprint density at radius 3 is 2.94 bits per heavy atom. The van der Waals surface area contributed by atoms with Crippen LogP contribution in [0, 0.1) is 5.82 Å². The molecule has 0 saturated carbocycles. The second kappa shape index (κ2) is 6.87. The van der Waals surface area contributed by atoms with Gasteiger partial charge in [0.15, 0.2) is 0 Å². The van der Waals surface area contributed by atoms with Gasteiger partial charge in [-0.3, -0.25) is 0 Å². The summed E-state index contributed by atoms with van der Waals surface area (Å²) in [6.45, 7) is 2.08. The number of thiophene rings is 1. The Morgan fingerprint density at radius 1 is 1.33 bits per heavy atom. The van der Waals surface area contributed by atoms with E-state index >= 15 is 0 Å². The maximum Gasteiger partial charge on any atom is 0.128 e. The minimum absolute atomic E-state index is 0.300. The normalized spacial score (nSPS) is 10.6. The lowest BCUT2D eigenvalue weighted by Gasteiger charge is -2.07. The van der Waals surface area contributed by atoms with E-state index in [1.807, 2.05) is 6.07 Å². The number of hydrogen-bond donors (Lipinski definition) is 1. The molecule has 0 amide bonds. The molecular formula is C13H13BrFNOS. The summed E-state index contributed by atoms with van der Waals surface area (Å²) in [6.07, 6.45) is 0. The smallest absolute Gasteiger partial charge is 0.128 e. The molecule has 2 rings (SSSR count). The molecule has 1 aromatic carbocycles. The van der Waals surface area contributed by atoms with Gasteiger partial charge in [-0.1, -0.05) is 22.0 Å². The molecule has 0 atom stereocenters. The van der Waals surface area contributed by atoms with E-state index < -0.39 is 0 Å². The number of hydrogen-bond acceptors (Lipinski definition) is 3. The summed E-state index contributed by atoms with van der Waals surface area (Å²) >= 11 is 4.95. The Kier molecular flexibility index (Phi) is 5.16. The summed E-state index contributed by atoms with van der Waals surface area (Å²) in [5.41, 5.74) is 0. The first-order valence-corrected chi connectivity index (χ1v) is 7.23. The number of nitrogens with one attached hydrogen (secondary N) is 1. The van der Waals surface area contributed by atoms with Gasteiger partial charge in [0, 0.05) is 28.5 Å². The molecule has 0 aliphatic carbocycles. The van der Waals surface area contributed by atoms with Crippen LogP contribution in [0.4, 0.5) is 4.39 Å². The number of rotatable bonds is 6. The number of halogens is 2. The molecule has 0 spiro atoms. The van der Waals surface area contributed by atoms with Crippen molar-refractivity contribution in [1.29, 1.82) is 0 Å². The molecule has 0 unspecified atom stereocenters. The van der Waals surface area contributed by atoms with Crippen LogP contribution < -0.4 is 10.1 Å². The third-order valence-electron chi connectivity index (χ3n) is 2.26. The zero-order chi connectivity index (χ0) is 12.8. The lowest BCUT2D eigenvalue weighted by molar-refractivity contribution is 0.312. The van der Waals surface area contributed by atoms with Crippen molar-refractivity contribution in [1.82, 2.24) is 5.32 Å². The van der Waals surface area contributed by atoms with E-state index in [2.05, 4.69) is 32.7 Å². The third kappa shape index (κ3) is 4.40. The summed E-state index contributed by atoms with van der Waals surface area (Å²) in [5, 5.41) is 5.32. The average Bonchev–Trinajstić information content (AvgIpc) is 2.80. The highest BCUT2D eigenvalue weighted by molar-refractivity contribution is 9.10. The highest BCUT2D eigenvalue weighted by Gasteiger charge is 2.00. The largest absolute Gasteiger partial charge is 0.492 e. The van der Waals surface area contributed by atoms with E-state index in [1.165, 1.54) is 17.0 Å². The van der Waals surface area contributed by atoms with Crippen molar-refractivity contribution in [3.63, 3.8) is 0 Å². The fourth-order valence-corrected chi connectivity index (χ4v) is 2.60. The molecule has 2 aromatic rings. The number of ether oxygens (including phenoxy) is 1. The van der Waals surface area contributed by atoms with Crippen molar-refractivity contribution in [2.45, 2.75) is 6.54 Å². The monoisotopic (exact) mass is 329 g/mol. The maximum absolute atomic E-state index is 13.1. The zero-order valence-electron chi connectivity index (χ0n) is 9.66. The first kappa shape index (κ1) is 13.5. The van der Waals surface area contributed by atoms with Gasteiger partial charge in [0.1, 0.15) is 18.2 Å². The summed E-state index contributed by atoms with van der Waals surface area (Å²) in [4.78, 5) is 1.29. The minimum Gasteiger partial charge on any atom is -0.492 e. The summed E-state index contributed by atoms with van der Waals surface area (Å²) < 4.78 is 19.2. The lowest BCUT2D eigenvalue weighted by atomic mass is 10.3. The molecule has 0 aliphatic heterocycles. The van der Waals surface area contributed by atoms with Crippen LogP contribution in [0.25, 0.3) is 0 Å². The van der Waals surface area contributed by atoms with Crippen LogP contribution >= 0.6 is 27.3 Å². The quantitative estimate of drug-likeness (QED) is 0.813. The first-order chi connectivity index (χ1) is 8.74. The molecule has 0 fully saturated rings. The van der Waals surface area contributed by atoms with Gasteiger partial charge in [-0.25, -0.2) is 4.39 Å². The van der Waals surface area contributed by atoms with Crippen LogP contribution in [-0.2, 0) is 6.54 Å². The van der Waals surface area contributed by atoms with Crippen molar-refractivity contribution < 1.29 is 9.13 Å². The van der Waals surface area contributed by atoms with Gasteiger partial charge in [0.25, 0.3) is 0 Å². The van der Waals surface area contributed by atoms with Crippen LogP contribution in [0.2, 0.25) is 0 Å². The SMILES string of the molecule is Fc1cc(Br)cc(OCCNCc2cccs2)c1. The molecular weight excluding hydrogens is 317 g/mol. The van der Waals surface area contributed by atoms with Crippen molar-refractivity contribution >= 4 is 27.3 Å². The predicted molar refractivity (Wildman–Crippen MR) is 75.6 cm³/mol. The van der Waals surface area contributed by atoms with Gasteiger partial charge < -0.3 is 10.1 Å². The Labute approximate surface area is 118 Å². The molecule has 0 aliphatic rings. The molecule has 0 saturated heterocycles. The lowest BCUT2D eigenvalue weighted by Crippen LogP contribution is -2.20. The van der Waals surface area contributed by atoms with E-state index in [-0.39, 0.29) is 5.82 Å². The Bertz CT molecular complexity index is 469. The van der Waals surface area contributed by atoms with E-state index in [9.17, 15) is 4.39 Å². The van der Waals surface area contributed by atoms with Crippen molar-refractivity contribution in [3.05, 3.63) is 50.9 Å². The third-order valence-corrected chi connectivity index (χ3v) is 3.60. The molecule has 0 radical (unpaired) electrons. The van der Waals surface area contributed by atoms with Crippen LogP contribution in [0.3, 0.4) is 0 Å². The van der Waals surface area contributed by atoms with Gasteiger partial charge >= 0.3 is 0 Å². The molecule has 1 N–H and O–H groups in total. The molecule has 5 heteroatoms. The minimum atomic E-state index is -0.300. The second-order valence-electron chi connectivity index (χ2n) is 3.71. The van der Waals surface area contributed by atoms with Crippen molar-refractivity contribution in [3.8, 4) is 5.75 Å². The maximum atomic E-state index is 13.1. The van der Waals surface area contributed by atoms with Crippen LogP contribution in [0.15, 0.2) is 40.2 Å². The topological polar surface area (TPSA) is 21.3 Å². The first-order valence-electron chi connectivity index (χ1n) is 5.56. The fraction of sp³-hybridized carbons (Fsp3) is 0.231. The standard InChI is InChI=1S/C13H13BrFNOS/c14-10-6-11(15)8-12(7-10)17-4-3-16-9-13-2-1-5-18-13/h1-2,5-8,16H,3-4,9H2.